The van der Waals surface area contributed by atoms with Crippen molar-refractivity contribution in [3.63, 3.8) is 0 Å². The van der Waals surface area contributed by atoms with Gasteiger partial charge in [-0.2, -0.15) is 0 Å². The van der Waals surface area contributed by atoms with Crippen molar-refractivity contribution in [2.45, 2.75) is 19.3 Å². The van der Waals surface area contributed by atoms with Gasteiger partial charge in [-0.15, -0.1) is 0 Å². The highest BCUT2D eigenvalue weighted by atomic mass is 32.2. The van der Waals surface area contributed by atoms with Crippen LogP contribution in [0.3, 0.4) is 0 Å². The van der Waals surface area contributed by atoms with E-state index in [9.17, 15) is 4.21 Å². The largest absolute Gasteiger partial charge is 0.479 e. The Balaban J connectivity index is 2.16. The SMILES string of the molecule is O=S1C=C(C2=CCCC2)OC1. The molecule has 0 spiro atoms. The smallest absolute Gasteiger partial charge is 0.167 e. The molecule has 2 rings (SSSR count). The van der Waals surface area contributed by atoms with Crippen molar-refractivity contribution >= 4 is 10.8 Å². The van der Waals surface area contributed by atoms with Crippen LogP contribution in [0.2, 0.25) is 0 Å². The Bertz CT molecular complexity index is 253. The molecule has 0 saturated carbocycles. The highest BCUT2D eigenvalue weighted by Gasteiger charge is 2.17. The lowest BCUT2D eigenvalue weighted by atomic mass is 10.2. The molecule has 1 heterocycles. The van der Waals surface area contributed by atoms with Crippen LogP contribution in [0, 0.1) is 0 Å². The van der Waals surface area contributed by atoms with E-state index in [-0.39, 0.29) is 0 Å². The first-order valence-electron chi connectivity index (χ1n) is 3.77. The molecule has 1 aliphatic carbocycles. The van der Waals surface area contributed by atoms with Crippen LogP contribution in [-0.4, -0.2) is 10.1 Å². The summed E-state index contributed by atoms with van der Waals surface area (Å²) in [6, 6.07) is 0. The van der Waals surface area contributed by atoms with Crippen LogP contribution < -0.4 is 0 Å². The molecule has 0 amide bonds. The van der Waals surface area contributed by atoms with Gasteiger partial charge in [0, 0.05) is 5.41 Å². The lowest BCUT2D eigenvalue weighted by Crippen LogP contribution is -1.88. The van der Waals surface area contributed by atoms with E-state index in [1.54, 1.807) is 5.41 Å². The summed E-state index contributed by atoms with van der Waals surface area (Å²) in [5, 5.41) is 1.72. The first kappa shape index (κ1) is 7.10. The van der Waals surface area contributed by atoms with E-state index in [4.69, 9.17) is 4.74 Å². The second-order valence-corrected chi connectivity index (χ2v) is 3.98. The molecule has 0 aromatic rings. The summed E-state index contributed by atoms with van der Waals surface area (Å²) in [7, 11) is -0.874. The highest BCUT2D eigenvalue weighted by molar-refractivity contribution is 7.88. The van der Waals surface area contributed by atoms with Gasteiger partial charge in [-0.25, -0.2) is 0 Å². The van der Waals surface area contributed by atoms with Gasteiger partial charge in [-0.05, 0) is 24.8 Å². The van der Waals surface area contributed by atoms with Crippen LogP contribution in [0.25, 0.3) is 0 Å². The Morgan fingerprint density at radius 2 is 2.45 bits per heavy atom. The molecule has 60 valence electrons. The van der Waals surface area contributed by atoms with Crippen molar-refractivity contribution < 1.29 is 8.95 Å². The van der Waals surface area contributed by atoms with Crippen LogP contribution >= 0.6 is 0 Å². The van der Waals surface area contributed by atoms with Crippen LogP contribution in [0.1, 0.15) is 19.3 Å². The van der Waals surface area contributed by atoms with Gasteiger partial charge < -0.3 is 4.74 Å². The Kier molecular flexibility index (Phi) is 1.82. The average molecular weight is 170 g/mol. The number of hydrogen-bond donors (Lipinski definition) is 0. The van der Waals surface area contributed by atoms with Gasteiger partial charge >= 0.3 is 0 Å². The van der Waals surface area contributed by atoms with Crippen molar-refractivity contribution in [2.75, 3.05) is 5.94 Å². The summed E-state index contributed by atoms with van der Waals surface area (Å²) in [5.41, 5.74) is 1.25. The van der Waals surface area contributed by atoms with Crippen molar-refractivity contribution in [1.29, 1.82) is 0 Å². The average Bonchev–Trinajstić information content (AvgIpc) is 2.55. The Hall–Kier alpha value is -0.570. The fourth-order valence-electron chi connectivity index (χ4n) is 1.37. The van der Waals surface area contributed by atoms with Crippen LogP contribution in [0.4, 0.5) is 0 Å². The van der Waals surface area contributed by atoms with Gasteiger partial charge in [0.1, 0.15) is 5.76 Å². The molecule has 11 heavy (non-hydrogen) atoms. The van der Waals surface area contributed by atoms with Crippen LogP contribution in [0.15, 0.2) is 22.8 Å². The fourth-order valence-corrected chi connectivity index (χ4v) is 2.14. The molecule has 2 nitrogen and oxygen atoms in total. The zero-order valence-electron chi connectivity index (χ0n) is 6.21. The maximum atomic E-state index is 10.9. The van der Waals surface area contributed by atoms with Crippen LogP contribution in [0.5, 0.6) is 0 Å². The second kappa shape index (κ2) is 2.81. The van der Waals surface area contributed by atoms with Crippen molar-refractivity contribution in [3.8, 4) is 0 Å². The van der Waals surface area contributed by atoms with Crippen molar-refractivity contribution in [1.82, 2.24) is 0 Å². The Labute approximate surface area is 68.4 Å². The summed E-state index contributed by atoms with van der Waals surface area (Å²) in [4.78, 5) is 0. The van der Waals surface area contributed by atoms with Gasteiger partial charge in [-0.1, -0.05) is 6.08 Å². The van der Waals surface area contributed by atoms with Gasteiger partial charge in [0.2, 0.25) is 0 Å². The molecule has 0 bridgehead atoms. The van der Waals surface area contributed by atoms with E-state index in [1.165, 1.54) is 12.0 Å². The molecule has 2 aliphatic rings. The summed E-state index contributed by atoms with van der Waals surface area (Å²) in [6.45, 7) is 0. The number of allylic oxidation sites excluding steroid dienone is 2. The molecular formula is C8H10O2S. The third kappa shape index (κ3) is 1.38. The maximum Gasteiger partial charge on any atom is 0.167 e. The minimum atomic E-state index is -0.874. The van der Waals surface area contributed by atoms with E-state index < -0.39 is 10.8 Å². The molecule has 1 atom stereocenters. The standard InChI is InChI=1S/C8H10O2S/c9-11-5-8(10-6-11)7-3-1-2-4-7/h3,5H,1-2,4,6H2. The Morgan fingerprint density at radius 3 is 3.00 bits per heavy atom. The highest BCUT2D eigenvalue weighted by Crippen LogP contribution is 2.28. The molecule has 0 saturated heterocycles. The molecule has 0 N–H and O–H groups in total. The monoisotopic (exact) mass is 170 g/mol. The summed E-state index contributed by atoms with van der Waals surface area (Å²) < 4.78 is 16.1. The normalized spacial score (nSPS) is 29.6. The molecule has 0 radical (unpaired) electrons. The zero-order valence-corrected chi connectivity index (χ0v) is 7.02. The van der Waals surface area contributed by atoms with Crippen molar-refractivity contribution in [2.24, 2.45) is 0 Å². The summed E-state index contributed by atoms with van der Waals surface area (Å²) in [5.74, 6) is 1.22. The quantitative estimate of drug-likeness (QED) is 0.598. The van der Waals surface area contributed by atoms with Crippen molar-refractivity contribution in [3.05, 3.63) is 22.8 Å². The number of ether oxygens (including phenoxy) is 1. The molecular weight excluding hydrogens is 160 g/mol. The lowest BCUT2D eigenvalue weighted by molar-refractivity contribution is 0.286. The molecule has 0 aromatic heterocycles. The Morgan fingerprint density at radius 1 is 1.55 bits per heavy atom. The first-order valence-corrected chi connectivity index (χ1v) is 5.16. The number of hydrogen-bond acceptors (Lipinski definition) is 2. The molecule has 1 unspecified atom stereocenters. The van der Waals surface area contributed by atoms with Gasteiger partial charge in [0.05, 0.1) is 10.8 Å². The van der Waals surface area contributed by atoms with E-state index in [0.29, 0.717) is 5.94 Å². The molecule has 1 aliphatic heterocycles. The predicted molar refractivity (Wildman–Crippen MR) is 44.1 cm³/mol. The second-order valence-electron chi connectivity index (χ2n) is 2.75. The maximum absolute atomic E-state index is 10.9. The third-order valence-electron chi connectivity index (χ3n) is 1.93. The van der Waals surface area contributed by atoms with E-state index in [2.05, 4.69) is 6.08 Å². The number of rotatable bonds is 1. The fraction of sp³-hybridized carbons (Fsp3) is 0.500. The predicted octanol–water partition coefficient (Wildman–Crippen LogP) is 1.67. The summed E-state index contributed by atoms with van der Waals surface area (Å²) >= 11 is 0. The van der Waals surface area contributed by atoms with Crippen LogP contribution in [-0.2, 0) is 15.5 Å². The lowest BCUT2D eigenvalue weighted by Gasteiger charge is -2.00. The molecule has 3 heteroatoms. The van der Waals surface area contributed by atoms with Gasteiger partial charge in [-0.3, -0.25) is 4.21 Å². The summed E-state index contributed by atoms with van der Waals surface area (Å²) in [6.07, 6.45) is 5.61. The van der Waals surface area contributed by atoms with E-state index >= 15 is 0 Å². The molecule has 0 fully saturated rings. The molecule has 0 aromatic carbocycles. The van der Waals surface area contributed by atoms with E-state index in [1.807, 2.05) is 0 Å². The zero-order chi connectivity index (χ0) is 7.68. The van der Waals surface area contributed by atoms with Gasteiger partial charge in [0.15, 0.2) is 5.94 Å². The minimum Gasteiger partial charge on any atom is -0.479 e. The topological polar surface area (TPSA) is 26.3 Å². The van der Waals surface area contributed by atoms with E-state index in [0.717, 1.165) is 18.6 Å². The third-order valence-corrected chi connectivity index (χ3v) is 2.75. The first-order chi connectivity index (χ1) is 5.36. The van der Waals surface area contributed by atoms with Gasteiger partial charge in [0.25, 0.3) is 0 Å². The minimum absolute atomic E-state index is 0.354.